The van der Waals surface area contributed by atoms with Crippen LogP contribution in [0, 0.1) is 12.7 Å². The molecule has 3 aliphatic rings. The lowest BCUT2D eigenvalue weighted by Gasteiger charge is -2.24. The molecule has 2 saturated heterocycles. The van der Waals surface area contributed by atoms with Crippen LogP contribution in [-0.2, 0) is 25.6 Å². The van der Waals surface area contributed by atoms with Gasteiger partial charge in [0.25, 0.3) is 11.8 Å². The van der Waals surface area contributed by atoms with Gasteiger partial charge in [0, 0.05) is 61.9 Å². The van der Waals surface area contributed by atoms with Crippen LogP contribution in [0.5, 0.6) is 5.75 Å². The second-order valence-corrected chi connectivity index (χ2v) is 12.0. The molecule has 236 valence electrons. The zero-order valence-corrected chi connectivity index (χ0v) is 26.4. The Balaban J connectivity index is 1.26. The van der Waals surface area contributed by atoms with Crippen LogP contribution in [0.25, 0.3) is 22.3 Å². The number of carbonyl (C=O) groups excluding carboxylic acids is 2. The number of epoxide rings is 1. The standard InChI is InChI=1S/C34H36ClFN4O5/c1-19-22(9-6-12-28(19)38-31(41)26-17-39(2)33-34(45-33)40(3)32(26)42)24-11-5-10-23(30(24)35)20-14-27(36)25(29(15-20)43-4)16-37-21-8-7-13-44-18-21/h5-6,9-12,14-15,17,21,33-34,37H,7-8,13,16,18H2,1-4H3,(H,38,41)/t21-,33?,34?/m1/s1. The van der Waals surface area contributed by atoms with E-state index in [1.54, 1.807) is 31.1 Å². The van der Waals surface area contributed by atoms with Crippen LogP contribution in [0.2, 0.25) is 5.02 Å². The molecule has 9 nitrogen and oxygen atoms in total. The van der Waals surface area contributed by atoms with Crippen molar-refractivity contribution < 1.29 is 28.2 Å². The van der Waals surface area contributed by atoms with Gasteiger partial charge in [-0.2, -0.15) is 0 Å². The monoisotopic (exact) mass is 634 g/mol. The average Bonchev–Trinajstić information content (AvgIpc) is 3.85. The van der Waals surface area contributed by atoms with Crippen LogP contribution in [0.3, 0.4) is 0 Å². The van der Waals surface area contributed by atoms with E-state index in [2.05, 4.69) is 10.6 Å². The lowest BCUT2D eigenvalue weighted by atomic mass is 9.94. The minimum Gasteiger partial charge on any atom is -0.496 e. The first kappa shape index (κ1) is 31.0. The summed E-state index contributed by atoms with van der Waals surface area (Å²) < 4.78 is 32.2. The number of amides is 2. The Kier molecular flexibility index (Phi) is 8.83. The van der Waals surface area contributed by atoms with E-state index in [0.29, 0.717) is 51.9 Å². The minimum atomic E-state index is -0.520. The second-order valence-electron chi connectivity index (χ2n) is 11.6. The van der Waals surface area contributed by atoms with Crippen molar-refractivity contribution in [2.45, 2.75) is 44.8 Å². The van der Waals surface area contributed by atoms with Crippen LogP contribution in [-0.4, -0.2) is 74.5 Å². The van der Waals surface area contributed by atoms with Crippen LogP contribution in [0.15, 0.2) is 60.3 Å². The molecule has 2 amide bonds. The van der Waals surface area contributed by atoms with Crippen molar-refractivity contribution in [3.8, 4) is 28.0 Å². The number of nitrogens with one attached hydrogen (secondary N) is 2. The molecule has 3 heterocycles. The van der Waals surface area contributed by atoms with Gasteiger partial charge < -0.3 is 34.6 Å². The van der Waals surface area contributed by atoms with E-state index in [-0.39, 0.29) is 24.1 Å². The van der Waals surface area contributed by atoms with Crippen molar-refractivity contribution >= 4 is 29.1 Å². The third-order valence-corrected chi connectivity index (χ3v) is 9.05. The summed E-state index contributed by atoms with van der Waals surface area (Å²) in [5, 5.41) is 6.72. The van der Waals surface area contributed by atoms with E-state index in [4.69, 9.17) is 25.8 Å². The molecule has 2 fully saturated rings. The van der Waals surface area contributed by atoms with E-state index in [0.717, 1.165) is 30.6 Å². The van der Waals surface area contributed by atoms with E-state index in [1.807, 2.05) is 37.3 Å². The number of fused-ring (bicyclic) bond motifs is 1. The number of benzene rings is 3. The Morgan fingerprint density at radius 1 is 1.11 bits per heavy atom. The molecular formula is C34H36ClFN4O5. The molecule has 2 unspecified atom stereocenters. The summed E-state index contributed by atoms with van der Waals surface area (Å²) in [6, 6.07) is 14.5. The molecule has 0 radical (unpaired) electrons. The fraction of sp³-hybridized carbons (Fsp3) is 0.353. The first-order valence-corrected chi connectivity index (χ1v) is 15.3. The smallest absolute Gasteiger partial charge is 0.262 e. The summed E-state index contributed by atoms with van der Waals surface area (Å²) in [5.74, 6) is -0.896. The predicted octanol–water partition coefficient (Wildman–Crippen LogP) is 5.31. The van der Waals surface area contributed by atoms with Crippen LogP contribution < -0.4 is 15.4 Å². The number of methoxy groups -OCH3 is 1. The van der Waals surface area contributed by atoms with Crippen molar-refractivity contribution in [1.82, 2.24) is 15.1 Å². The molecule has 3 aromatic carbocycles. The Hall–Kier alpha value is -3.96. The van der Waals surface area contributed by atoms with Gasteiger partial charge in [0.15, 0.2) is 12.5 Å². The highest BCUT2D eigenvalue weighted by Crippen LogP contribution is 2.41. The van der Waals surface area contributed by atoms with Gasteiger partial charge in [-0.1, -0.05) is 41.9 Å². The number of carbonyl (C=O) groups is 2. The third kappa shape index (κ3) is 6.15. The molecular weight excluding hydrogens is 599 g/mol. The quantitative estimate of drug-likeness (QED) is 0.256. The number of likely N-dealkylation sites (N-methyl/N-ethyl adjacent to an activating group) is 2. The van der Waals surface area contributed by atoms with Crippen LogP contribution in [0.1, 0.15) is 24.0 Å². The first-order chi connectivity index (χ1) is 21.7. The maximum Gasteiger partial charge on any atom is 0.262 e. The molecule has 0 spiro atoms. The number of anilines is 1. The predicted molar refractivity (Wildman–Crippen MR) is 170 cm³/mol. The van der Waals surface area contributed by atoms with E-state index in [9.17, 15) is 9.59 Å². The number of rotatable bonds is 8. The topological polar surface area (TPSA) is 95.7 Å². The van der Waals surface area contributed by atoms with Gasteiger partial charge >= 0.3 is 0 Å². The average molecular weight is 635 g/mol. The Morgan fingerprint density at radius 3 is 2.62 bits per heavy atom. The summed E-state index contributed by atoms with van der Waals surface area (Å²) in [5.41, 5.74) is 4.48. The summed E-state index contributed by atoms with van der Waals surface area (Å²) in [7, 11) is 4.91. The van der Waals surface area contributed by atoms with Gasteiger partial charge in [-0.05, 0) is 54.7 Å². The molecule has 0 aromatic heterocycles. The number of nitrogens with zero attached hydrogens (tertiary/aromatic N) is 2. The molecule has 11 heteroatoms. The fourth-order valence-electron chi connectivity index (χ4n) is 5.95. The molecule has 2 N–H and O–H groups in total. The first-order valence-electron chi connectivity index (χ1n) is 14.9. The molecule has 3 atom stereocenters. The SMILES string of the molecule is COc1cc(-c2cccc(-c3cccc(NC(=O)C4=CN(C)C5OC5N(C)C4=O)c3C)c2Cl)cc(F)c1CN[C@@H]1CCCOC1. The Morgan fingerprint density at radius 2 is 1.87 bits per heavy atom. The lowest BCUT2D eigenvalue weighted by Crippen LogP contribution is -2.36. The van der Waals surface area contributed by atoms with Crippen molar-refractivity contribution in [1.29, 1.82) is 0 Å². The molecule has 0 bridgehead atoms. The van der Waals surface area contributed by atoms with Crippen molar-refractivity contribution in [3.05, 3.63) is 82.3 Å². The highest BCUT2D eigenvalue weighted by Gasteiger charge is 2.50. The number of halogens is 2. The Bertz CT molecular complexity index is 1670. The highest BCUT2D eigenvalue weighted by atomic mass is 35.5. The number of hydrogen-bond acceptors (Lipinski definition) is 7. The summed E-state index contributed by atoms with van der Waals surface area (Å²) >= 11 is 7.01. The molecule has 0 saturated carbocycles. The minimum absolute atomic E-state index is 0.0160. The van der Waals surface area contributed by atoms with Crippen molar-refractivity contribution in [3.63, 3.8) is 0 Å². The second kappa shape index (κ2) is 12.8. The van der Waals surface area contributed by atoms with E-state index in [1.165, 1.54) is 24.3 Å². The zero-order valence-electron chi connectivity index (χ0n) is 25.7. The normalized spacial score (nSPS) is 21.2. The molecule has 6 rings (SSSR count). The van der Waals surface area contributed by atoms with Crippen molar-refractivity contribution in [2.24, 2.45) is 0 Å². The molecule has 45 heavy (non-hydrogen) atoms. The maximum atomic E-state index is 15.5. The van der Waals surface area contributed by atoms with Crippen molar-refractivity contribution in [2.75, 3.05) is 39.7 Å². The highest BCUT2D eigenvalue weighted by molar-refractivity contribution is 6.36. The van der Waals surface area contributed by atoms with Gasteiger partial charge in [0.05, 0.1) is 18.7 Å². The molecule has 3 aromatic rings. The molecule has 3 aliphatic heterocycles. The lowest BCUT2D eigenvalue weighted by molar-refractivity contribution is -0.129. The number of hydrogen-bond donors (Lipinski definition) is 2. The van der Waals surface area contributed by atoms with Gasteiger partial charge in [0.1, 0.15) is 17.1 Å². The Labute approximate surface area is 266 Å². The zero-order chi connectivity index (χ0) is 31.8. The van der Waals surface area contributed by atoms with Crippen LogP contribution >= 0.6 is 11.6 Å². The molecule has 0 aliphatic carbocycles. The number of ether oxygens (including phenoxy) is 3. The summed E-state index contributed by atoms with van der Waals surface area (Å²) in [4.78, 5) is 29.5. The van der Waals surface area contributed by atoms with Crippen LogP contribution in [0.4, 0.5) is 10.1 Å². The van der Waals surface area contributed by atoms with Gasteiger partial charge in [-0.15, -0.1) is 0 Å². The maximum absolute atomic E-state index is 15.5. The van der Waals surface area contributed by atoms with Gasteiger partial charge in [-0.25, -0.2) is 4.39 Å². The summed E-state index contributed by atoms with van der Waals surface area (Å²) in [6.07, 6.45) is 2.84. The van der Waals surface area contributed by atoms with Gasteiger partial charge in [-0.3, -0.25) is 9.59 Å². The van der Waals surface area contributed by atoms with E-state index >= 15 is 4.39 Å². The summed E-state index contributed by atoms with van der Waals surface area (Å²) in [6.45, 7) is 3.56. The largest absolute Gasteiger partial charge is 0.496 e. The van der Waals surface area contributed by atoms with E-state index < -0.39 is 17.6 Å². The third-order valence-electron chi connectivity index (χ3n) is 8.64. The van der Waals surface area contributed by atoms with Gasteiger partial charge in [0.2, 0.25) is 0 Å². The fourth-order valence-corrected chi connectivity index (χ4v) is 6.29.